The number of fused-ring (bicyclic) bond motifs is 5. The van der Waals surface area contributed by atoms with E-state index in [0.717, 1.165) is 28.1 Å². The monoisotopic (exact) mass is 908 g/mol. The zero-order chi connectivity index (χ0) is 43.8. The van der Waals surface area contributed by atoms with Gasteiger partial charge in [-0.25, -0.2) is 52.1 Å². The number of nitrogens with two attached hydrogens (primary N) is 2. The number of carbonyl (C=O) groups is 2. The van der Waals surface area contributed by atoms with Crippen molar-refractivity contribution in [2.75, 3.05) is 38.3 Å². The molecule has 0 amide bonds. The van der Waals surface area contributed by atoms with Crippen LogP contribution in [0.1, 0.15) is 40.2 Å². The number of phosphoric acid groups is 2. The summed E-state index contributed by atoms with van der Waals surface area (Å²) in [5.74, 6) is -0.395. The molecule has 2 bridgehead atoms. The topological polar surface area (TPSA) is 358 Å². The zero-order valence-electron chi connectivity index (χ0n) is 32.3. The average molecular weight is 909 g/mol. The number of rotatable bonds is 10. The van der Waals surface area contributed by atoms with E-state index in [1.807, 2.05) is 0 Å². The van der Waals surface area contributed by atoms with Crippen molar-refractivity contribution in [1.82, 2.24) is 39.0 Å². The number of carbonyl (C=O) groups excluding carboxylic acids is 2. The lowest BCUT2D eigenvalue weighted by Gasteiger charge is -2.28. The predicted octanol–water partition coefficient (Wildman–Crippen LogP) is 1.72. The number of aliphatic hydroxyl groups excluding tert-OH is 1. The van der Waals surface area contributed by atoms with Crippen molar-refractivity contribution in [3.05, 3.63) is 29.3 Å². The number of H-pyrrole nitrogens is 1. The van der Waals surface area contributed by atoms with Gasteiger partial charge in [0, 0.05) is 0 Å². The molecule has 3 fully saturated rings. The van der Waals surface area contributed by atoms with E-state index in [-0.39, 0.29) is 34.1 Å². The lowest BCUT2D eigenvalue weighted by Crippen LogP contribution is -2.36. The van der Waals surface area contributed by atoms with Gasteiger partial charge in [0.1, 0.15) is 42.4 Å². The maximum Gasteiger partial charge on any atom is 0.510 e. The van der Waals surface area contributed by atoms with E-state index in [1.54, 1.807) is 0 Å². The van der Waals surface area contributed by atoms with Gasteiger partial charge >= 0.3 is 28.0 Å². The fraction of sp³-hybridized carbons (Fsp3) is 0.600. The molecule has 4 aromatic rings. The number of aromatic amines is 1. The van der Waals surface area contributed by atoms with Crippen LogP contribution in [0.3, 0.4) is 0 Å². The van der Waals surface area contributed by atoms with Gasteiger partial charge in [-0.3, -0.25) is 37.0 Å². The van der Waals surface area contributed by atoms with Gasteiger partial charge in [0.25, 0.3) is 5.56 Å². The number of nitrogen functional groups attached to an aromatic ring is 2. The molecule has 7 heterocycles. The van der Waals surface area contributed by atoms with Crippen LogP contribution in [0.2, 0.25) is 0 Å². The van der Waals surface area contributed by atoms with Crippen LogP contribution in [0.4, 0.5) is 25.7 Å². The molecule has 31 heteroatoms. The number of phosphoric ester groups is 2. The third-order valence-electron chi connectivity index (χ3n) is 8.70. The predicted molar refractivity (Wildman–Crippen MR) is 195 cm³/mol. The number of nitrogens with one attached hydrogen (secondary N) is 1. The largest absolute Gasteiger partial charge is 0.510 e. The number of halogens is 1. The minimum atomic E-state index is -5.19. The van der Waals surface area contributed by atoms with Crippen molar-refractivity contribution >= 4 is 62.1 Å². The Kier molecular flexibility index (Phi) is 12.9. The highest BCUT2D eigenvalue weighted by Gasteiger charge is 2.55. The Balaban J connectivity index is 1.26. The Morgan fingerprint density at radius 2 is 1.41 bits per heavy atom. The number of aromatic nitrogens is 8. The number of imidazole rings is 2. The molecule has 61 heavy (non-hydrogen) atoms. The van der Waals surface area contributed by atoms with E-state index >= 15 is 4.39 Å². The van der Waals surface area contributed by atoms with Crippen LogP contribution in [0.25, 0.3) is 22.3 Å². The van der Waals surface area contributed by atoms with Gasteiger partial charge < -0.3 is 45.0 Å². The van der Waals surface area contributed by atoms with Gasteiger partial charge in [-0.05, 0) is 27.7 Å². The molecule has 4 unspecified atom stereocenters. The van der Waals surface area contributed by atoms with Crippen LogP contribution in [0, 0.1) is 0 Å². The maximum absolute atomic E-state index is 16.8. The minimum Gasteiger partial charge on any atom is -0.432 e. The Bertz CT molecular complexity index is 2400. The summed E-state index contributed by atoms with van der Waals surface area (Å²) in [6.07, 6.45) is -15.2. The number of ether oxygens (including phenoxy) is 6. The molecular weight excluding hydrogens is 869 g/mol. The van der Waals surface area contributed by atoms with Crippen molar-refractivity contribution in [3.8, 4) is 0 Å². The fourth-order valence-corrected chi connectivity index (χ4v) is 8.60. The summed E-state index contributed by atoms with van der Waals surface area (Å²) in [6.45, 7) is 1.94. The second-order valence-electron chi connectivity index (χ2n) is 13.7. The smallest absolute Gasteiger partial charge is 0.432 e. The molecule has 28 nitrogen and oxygen atoms in total. The molecule has 7 rings (SSSR count). The van der Waals surface area contributed by atoms with E-state index in [9.17, 15) is 28.6 Å². The molecule has 6 N–H and O–H groups in total. The number of nitrogens with zero attached hydrogens (tertiary/aromatic N) is 7. The fourth-order valence-electron chi connectivity index (χ4n) is 6.11. The molecule has 0 saturated carbocycles. The second-order valence-corrected chi connectivity index (χ2v) is 16.9. The molecule has 4 aromatic heterocycles. The van der Waals surface area contributed by atoms with Crippen molar-refractivity contribution in [1.29, 1.82) is 0 Å². The molecule has 0 radical (unpaired) electrons. The maximum atomic E-state index is 16.8. The highest BCUT2D eigenvalue weighted by Crippen LogP contribution is 2.58. The molecule has 0 aromatic carbocycles. The van der Waals surface area contributed by atoms with Crippen molar-refractivity contribution in [2.45, 2.75) is 89.1 Å². The molecule has 3 aliphatic heterocycles. The minimum absolute atomic E-state index is 0.00408. The number of hydrogen-bond donors (Lipinski definition) is 4. The first-order chi connectivity index (χ1) is 28.9. The van der Waals surface area contributed by atoms with Crippen LogP contribution in [-0.4, -0.2) is 132 Å². The first-order valence-corrected chi connectivity index (χ1v) is 21.0. The lowest BCUT2D eigenvalue weighted by molar-refractivity contribution is -0.0815. The highest BCUT2D eigenvalue weighted by molar-refractivity contribution is 7.48. The molecule has 10 atom stereocenters. The van der Waals surface area contributed by atoms with Gasteiger partial charge in [0.15, 0.2) is 41.3 Å². The van der Waals surface area contributed by atoms with E-state index in [1.165, 1.54) is 27.7 Å². The number of anilines is 2. The number of aliphatic hydroxyl groups is 1. The van der Waals surface area contributed by atoms with Crippen molar-refractivity contribution in [3.63, 3.8) is 0 Å². The SMILES string of the molecule is CC(C)OC(=O)OCOP1(=O)OC[C@H]2O[C@@H](n3cnc4c(=O)[nH]c(N)nc43)[C@@H](OP(=O)(OCOC(=O)OC(C)C)OC[C@H]3O[C@@H](n4cnc5c(N)ncnc54)[C@@H](F)C3O1)C2O. The Morgan fingerprint density at radius 1 is 0.852 bits per heavy atom. The number of alkyl halides is 1. The standard InChI is InChI=1S/C30H39FN10O18P2/c1-12(2)54-29(44)48-10-52-60(46)50-5-14-19(42)21(27(56-14)41-9-37-18-24(41)38-28(33)39-25(18)43)59-61(47,53-11-49-30(45)55-13(3)4)51-6-15-20(58-60)16(31)26(57-15)40-8-36-17-22(32)34-7-35-23(17)40/h7-9,12-16,19-21,26-27,42H,5-6,10-11H2,1-4H3,(H2,32,34,35)(H3,33,38,39,43)/t14-,15-,16+,19?,20?,21+,26-,27-,60?,61?/m1/s1. The van der Waals surface area contributed by atoms with Gasteiger partial charge in [0.05, 0.1) is 38.1 Å². The molecule has 3 saturated heterocycles. The van der Waals surface area contributed by atoms with Crippen LogP contribution in [0.15, 0.2) is 23.8 Å². The van der Waals surface area contributed by atoms with Crippen LogP contribution in [-0.2, 0) is 64.7 Å². The summed E-state index contributed by atoms with van der Waals surface area (Å²) in [4.78, 5) is 59.4. The third kappa shape index (κ3) is 9.61. The molecule has 334 valence electrons. The van der Waals surface area contributed by atoms with Gasteiger partial charge in [-0.2, -0.15) is 4.98 Å². The second kappa shape index (κ2) is 17.8. The van der Waals surface area contributed by atoms with E-state index < -0.39 is 122 Å². The summed E-state index contributed by atoms with van der Waals surface area (Å²) in [6, 6.07) is 0. The molecular formula is C30H39FN10O18P2. The van der Waals surface area contributed by atoms with Crippen LogP contribution >= 0.6 is 15.6 Å². The van der Waals surface area contributed by atoms with E-state index in [2.05, 4.69) is 29.9 Å². The lowest BCUT2D eigenvalue weighted by atomic mass is 10.1. The third-order valence-corrected chi connectivity index (χ3v) is 11.5. The molecule has 0 aliphatic carbocycles. The quantitative estimate of drug-likeness (QED) is 0.0999. The summed E-state index contributed by atoms with van der Waals surface area (Å²) >= 11 is 0. The van der Waals surface area contributed by atoms with Crippen molar-refractivity contribution < 1.29 is 83.8 Å². The van der Waals surface area contributed by atoms with Gasteiger partial charge in [0.2, 0.25) is 19.5 Å². The van der Waals surface area contributed by atoms with E-state index in [0.29, 0.717) is 0 Å². The van der Waals surface area contributed by atoms with Crippen LogP contribution < -0.4 is 17.0 Å². The zero-order valence-corrected chi connectivity index (χ0v) is 34.1. The van der Waals surface area contributed by atoms with E-state index in [4.69, 9.17) is 67.0 Å². The normalized spacial score (nSPS) is 30.8. The Hall–Kier alpha value is -4.93. The van der Waals surface area contributed by atoms with Crippen molar-refractivity contribution in [2.24, 2.45) is 0 Å². The first-order valence-electron chi connectivity index (χ1n) is 18.0. The average Bonchev–Trinajstić information content (AvgIpc) is 3.94. The summed E-state index contributed by atoms with van der Waals surface area (Å²) < 4.78 is 113. The number of hydrogen-bond acceptors (Lipinski definition) is 25. The molecule has 3 aliphatic rings. The van der Waals surface area contributed by atoms with Gasteiger partial charge in [-0.1, -0.05) is 0 Å². The highest BCUT2D eigenvalue weighted by atomic mass is 31.2. The molecule has 0 spiro atoms. The Morgan fingerprint density at radius 3 is 2.03 bits per heavy atom. The summed E-state index contributed by atoms with van der Waals surface area (Å²) in [5, 5.41) is 11.6. The summed E-state index contributed by atoms with van der Waals surface area (Å²) in [5.41, 5.74) is 10.6. The van der Waals surface area contributed by atoms with Crippen LogP contribution in [0.5, 0.6) is 0 Å². The first kappa shape index (κ1) is 44.1. The Labute approximate surface area is 341 Å². The van der Waals surface area contributed by atoms with Gasteiger partial charge in [-0.15, -0.1) is 0 Å². The summed E-state index contributed by atoms with van der Waals surface area (Å²) in [7, 11) is -10.4.